The molecule has 4 fully saturated rings. The third-order valence-electron chi connectivity index (χ3n) is 13.0. The van der Waals surface area contributed by atoms with Gasteiger partial charge in [-0.3, -0.25) is 19.1 Å². The van der Waals surface area contributed by atoms with Gasteiger partial charge in [0.15, 0.2) is 5.69 Å². The van der Waals surface area contributed by atoms with Crippen molar-refractivity contribution >= 4 is 44.9 Å². The summed E-state index contributed by atoms with van der Waals surface area (Å²) in [4.78, 5) is 66.1. The number of rotatable bonds is 7. The van der Waals surface area contributed by atoms with E-state index < -0.39 is 129 Å². The first kappa shape index (κ1) is 44.6. The number of hydrogen-bond acceptors (Lipinski definition) is 11. The lowest BCUT2D eigenvalue weighted by Gasteiger charge is -2.35. The van der Waals surface area contributed by atoms with Gasteiger partial charge < -0.3 is 29.7 Å². The van der Waals surface area contributed by atoms with Gasteiger partial charge in [0.1, 0.15) is 35.6 Å². The fourth-order valence-corrected chi connectivity index (χ4v) is 10.2. The van der Waals surface area contributed by atoms with Crippen LogP contribution in [-0.2, 0) is 35.1 Å². The van der Waals surface area contributed by atoms with Crippen LogP contribution >= 0.6 is 0 Å². The summed E-state index contributed by atoms with van der Waals surface area (Å²) < 4.78 is 105. The molecule has 4 amide bonds. The third kappa shape index (κ3) is 8.92. The molecule has 2 aromatic rings. The molecule has 15 nitrogen and oxygen atoms in total. The van der Waals surface area contributed by atoms with Crippen LogP contribution in [0, 0.1) is 23.2 Å². The number of carbonyl (C=O) groups excluding carboxylic acids is 4. The van der Waals surface area contributed by atoms with Crippen LogP contribution in [0.4, 0.5) is 22.4 Å². The van der Waals surface area contributed by atoms with E-state index in [1.807, 2.05) is 11.6 Å². The Hall–Kier alpha value is -4.49. The number of benzene rings is 1. The van der Waals surface area contributed by atoms with Crippen molar-refractivity contribution in [2.24, 2.45) is 23.2 Å². The zero-order valence-electron chi connectivity index (χ0n) is 35.1. The first-order valence-corrected chi connectivity index (χ1v) is 22.3. The highest BCUT2D eigenvalue weighted by Gasteiger charge is 2.67. The van der Waals surface area contributed by atoms with Gasteiger partial charge >= 0.3 is 6.09 Å². The highest BCUT2D eigenvalue weighted by atomic mass is 32.2. The summed E-state index contributed by atoms with van der Waals surface area (Å²) in [7, 11) is -2.89. The molecule has 20 heteroatoms. The molecule has 5 aliphatic rings. The lowest BCUT2D eigenvalue weighted by molar-refractivity contribution is -0.143. The van der Waals surface area contributed by atoms with Crippen LogP contribution in [0.3, 0.4) is 0 Å². The van der Waals surface area contributed by atoms with Gasteiger partial charge in [-0.25, -0.2) is 32.0 Å². The number of nitrogens with zero attached hydrogens (tertiary/aromatic N) is 3. The van der Waals surface area contributed by atoms with Gasteiger partial charge in [0.2, 0.25) is 34.1 Å². The SMILES string of the molecule is COc1ccc2nc3c(nc2c1)O[C@@H]1C[C@@H](C(=O)N[C@]2(C(=O)NS(=O)(=O)C4(C)CC4)C[C@H]2C(F)F)N(C1)C(=O)[C@H](C(C)(C)C)NC(=O)O[C@@H]1C[C@H](C)C[C@H]1CCCCC3(F)F. The third-order valence-corrected chi connectivity index (χ3v) is 15.2. The topological polar surface area (TPSA) is 195 Å². The molecule has 8 atom stereocenters. The maximum atomic E-state index is 16.4. The Morgan fingerprint density at radius 3 is 2.39 bits per heavy atom. The molecule has 0 radical (unpaired) electrons. The summed E-state index contributed by atoms with van der Waals surface area (Å²) in [5.41, 5.74) is -3.83. The Kier molecular flexibility index (Phi) is 11.7. The number of aromatic nitrogens is 2. The number of halogens is 4. The summed E-state index contributed by atoms with van der Waals surface area (Å²) in [6, 6.07) is 1.59. The number of nitrogens with one attached hydrogen (secondary N) is 3. The van der Waals surface area contributed by atoms with Gasteiger partial charge in [0.05, 0.1) is 35.4 Å². The molecule has 7 rings (SSSR count). The number of hydrogen-bond donors (Lipinski definition) is 3. The van der Waals surface area contributed by atoms with Crippen LogP contribution in [-0.4, -0.2) is 102 Å². The molecule has 2 aliphatic heterocycles. The van der Waals surface area contributed by atoms with Crippen molar-refractivity contribution in [3.05, 3.63) is 23.9 Å². The summed E-state index contributed by atoms with van der Waals surface area (Å²) in [5.74, 6) is -8.70. The molecule has 0 spiro atoms. The van der Waals surface area contributed by atoms with Crippen LogP contribution in [0.15, 0.2) is 18.2 Å². The normalized spacial score (nSPS) is 31.4. The largest absolute Gasteiger partial charge is 0.497 e. The highest BCUT2D eigenvalue weighted by molar-refractivity contribution is 7.91. The first-order chi connectivity index (χ1) is 28.5. The average molecular weight is 883 g/mol. The number of amides is 4. The van der Waals surface area contributed by atoms with Crippen molar-refractivity contribution < 1.29 is 59.4 Å². The zero-order chi connectivity index (χ0) is 44.4. The van der Waals surface area contributed by atoms with Gasteiger partial charge in [0.25, 0.3) is 11.8 Å². The van der Waals surface area contributed by atoms with Crippen LogP contribution in [0.25, 0.3) is 11.0 Å². The Balaban J connectivity index is 1.27. The number of methoxy groups -OCH3 is 1. The molecule has 0 unspecified atom stereocenters. The summed E-state index contributed by atoms with van der Waals surface area (Å²) in [6.07, 6.45) is -4.69. The average Bonchev–Trinajstić information content (AvgIpc) is 4.03. The Labute approximate surface area is 351 Å². The quantitative estimate of drug-likeness (QED) is 0.304. The molecule has 61 heavy (non-hydrogen) atoms. The van der Waals surface area contributed by atoms with Crippen molar-refractivity contribution in [2.75, 3.05) is 13.7 Å². The molecule has 2 bridgehead atoms. The smallest absolute Gasteiger partial charge is 0.408 e. The maximum Gasteiger partial charge on any atom is 0.408 e. The van der Waals surface area contributed by atoms with Gasteiger partial charge in [-0.2, -0.15) is 8.78 Å². The lowest BCUT2D eigenvalue weighted by Crippen LogP contribution is -2.60. The van der Waals surface area contributed by atoms with Crippen LogP contribution in [0.2, 0.25) is 0 Å². The fourth-order valence-electron chi connectivity index (χ4n) is 8.91. The second kappa shape index (κ2) is 16.0. The van der Waals surface area contributed by atoms with Crippen molar-refractivity contribution in [1.82, 2.24) is 30.2 Å². The van der Waals surface area contributed by atoms with E-state index in [4.69, 9.17) is 14.2 Å². The molecule has 1 saturated heterocycles. The van der Waals surface area contributed by atoms with E-state index in [-0.39, 0.29) is 42.1 Å². The molecule has 1 aromatic heterocycles. The van der Waals surface area contributed by atoms with Crippen molar-refractivity contribution in [3.63, 3.8) is 0 Å². The van der Waals surface area contributed by atoms with E-state index in [1.165, 1.54) is 26.2 Å². The van der Waals surface area contributed by atoms with E-state index in [0.29, 0.717) is 31.4 Å². The van der Waals surface area contributed by atoms with Crippen molar-refractivity contribution in [2.45, 2.75) is 146 Å². The Morgan fingerprint density at radius 1 is 1.03 bits per heavy atom. The first-order valence-electron chi connectivity index (χ1n) is 20.8. The molecule has 1 aromatic carbocycles. The standard InChI is InChI=1S/C41H54F4N6O9S/c1-21-15-22-9-7-8-12-41(44,45)30-34(47-27-17-23(58-6)10-11-26(27)46-30)59-24-18-28(51(20-24)35(53)31(38(2,3)4)48-37(55)60-29(22)16-21)33(52)49-40(19-25(40)32(42)43)36(54)50-61(56,57)39(5)13-14-39/h10-11,17,21-22,24-25,28-29,31-32H,7-9,12-16,18-20H2,1-6H3,(H,48,55)(H,49,52)(H,50,54)/t21-,22-,24-,25+,28+,29-,31-,40-/m1/s1. The Bertz CT molecular complexity index is 2190. The number of alkyl carbamates (subject to hydrolysis) is 1. The molecule has 3 heterocycles. The Morgan fingerprint density at radius 2 is 1.75 bits per heavy atom. The van der Waals surface area contributed by atoms with E-state index in [1.54, 1.807) is 26.8 Å². The number of fused-ring (bicyclic) bond motifs is 5. The number of ether oxygens (including phenoxy) is 3. The van der Waals surface area contributed by atoms with E-state index in [9.17, 15) is 36.4 Å². The van der Waals surface area contributed by atoms with Gasteiger partial charge in [-0.1, -0.05) is 34.1 Å². The molecular formula is C41H54F4N6O9S. The monoisotopic (exact) mass is 882 g/mol. The second-order valence-electron chi connectivity index (χ2n) is 18.9. The number of sulfonamides is 1. The molecule has 3 N–H and O–H groups in total. The number of alkyl halides is 4. The van der Waals surface area contributed by atoms with E-state index in [0.717, 1.165) is 4.90 Å². The van der Waals surface area contributed by atoms with Gasteiger partial charge in [0, 0.05) is 18.9 Å². The molecular weight excluding hydrogens is 829 g/mol. The predicted octanol–water partition coefficient (Wildman–Crippen LogP) is 5.35. The van der Waals surface area contributed by atoms with Crippen molar-refractivity contribution in [3.8, 4) is 11.6 Å². The van der Waals surface area contributed by atoms with Gasteiger partial charge in [-0.05, 0) is 81.3 Å². The van der Waals surface area contributed by atoms with E-state index in [2.05, 4.69) is 20.6 Å². The minimum atomic E-state index is -4.31. The molecule has 336 valence electrons. The minimum Gasteiger partial charge on any atom is -0.497 e. The van der Waals surface area contributed by atoms with Crippen LogP contribution in [0.5, 0.6) is 11.6 Å². The highest BCUT2D eigenvalue weighted by Crippen LogP contribution is 2.50. The number of carbonyl (C=O) groups is 4. The lowest BCUT2D eigenvalue weighted by atomic mass is 9.85. The molecule has 3 aliphatic carbocycles. The van der Waals surface area contributed by atoms with Crippen LogP contribution in [0.1, 0.15) is 105 Å². The summed E-state index contributed by atoms with van der Waals surface area (Å²) in [5, 5.41) is 5.05. The predicted molar refractivity (Wildman–Crippen MR) is 211 cm³/mol. The zero-order valence-corrected chi connectivity index (χ0v) is 35.9. The second-order valence-corrected chi connectivity index (χ2v) is 21.1. The summed E-state index contributed by atoms with van der Waals surface area (Å²) >= 11 is 0. The van der Waals surface area contributed by atoms with Gasteiger partial charge in [-0.15, -0.1) is 0 Å². The fraction of sp³-hybridized carbons (Fsp3) is 0.707. The van der Waals surface area contributed by atoms with Crippen molar-refractivity contribution in [1.29, 1.82) is 0 Å². The maximum absolute atomic E-state index is 16.4. The van der Waals surface area contributed by atoms with Crippen LogP contribution < -0.4 is 24.8 Å². The molecule has 3 saturated carbocycles. The minimum absolute atomic E-state index is 0.0914. The van der Waals surface area contributed by atoms with E-state index >= 15 is 8.78 Å². The summed E-state index contributed by atoms with van der Waals surface area (Å²) in [6.45, 7) is 8.00.